The molecule has 2 rings (SSSR count). The van der Waals surface area contributed by atoms with Crippen LogP contribution in [0.15, 0.2) is 18.2 Å². The molecule has 0 radical (unpaired) electrons. The summed E-state index contributed by atoms with van der Waals surface area (Å²) in [6.07, 6.45) is 1.88. The van der Waals surface area contributed by atoms with E-state index in [4.69, 9.17) is 9.47 Å². The Morgan fingerprint density at radius 1 is 1.55 bits per heavy atom. The molecule has 1 atom stereocenters. The third-order valence-corrected chi connectivity index (χ3v) is 3.24. The van der Waals surface area contributed by atoms with Gasteiger partial charge in [-0.25, -0.2) is 0 Å². The first kappa shape index (κ1) is 14.7. The third-order valence-electron chi connectivity index (χ3n) is 3.24. The van der Waals surface area contributed by atoms with E-state index in [1.54, 1.807) is 6.07 Å². The van der Waals surface area contributed by atoms with Crippen molar-refractivity contribution >= 4 is 11.4 Å². The van der Waals surface area contributed by atoms with Crippen LogP contribution in [0.25, 0.3) is 0 Å². The molecule has 6 heteroatoms. The van der Waals surface area contributed by atoms with Crippen molar-refractivity contribution in [3.8, 4) is 0 Å². The van der Waals surface area contributed by atoms with Crippen LogP contribution >= 0.6 is 0 Å². The largest absolute Gasteiger partial charge is 0.379 e. The maximum Gasteiger partial charge on any atom is 0.292 e. The third kappa shape index (κ3) is 3.68. The molecule has 1 fully saturated rings. The molecule has 0 spiro atoms. The zero-order chi connectivity index (χ0) is 14.4. The number of nitro groups is 1. The lowest BCUT2D eigenvalue weighted by Gasteiger charge is -2.14. The van der Waals surface area contributed by atoms with Crippen molar-refractivity contribution in [1.29, 1.82) is 0 Å². The highest BCUT2D eigenvalue weighted by Crippen LogP contribution is 2.29. The average Bonchev–Trinajstić information content (AvgIpc) is 2.96. The van der Waals surface area contributed by atoms with Gasteiger partial charge in [0.05, 0.1) is 24.2 Å². The Bertz CT molecular complexity index is 458. The summed E-state index contributed by atoms with van der Waals surface area (Å²) >= 11 is 0. The molecule has 1 aliphatic heterocycles. The lowest BCUT2D eigenvalue weighted by molar-refractivity contribution is -0.384. The van der Waals surface area contributed by atoms with Crippen LogP contribution in [0.3, 0.4) is 0 Å². The van der Waals surface area contributed by atoms with Crippen molar-refractivity contribution in [2.24, 2.45) is 0 Å². The average molecular weight is 280 g/mol. The SMILES string of the molecule is CCCNc1c(COC2CCOC2)cccc1[N+](=O)[O-]. The van der Waals surface area contributed by atoms with Crippen LogP contribution in [0, 0.1) is 10.1 Å². The fraction of sp³-hybridized carbons (Fsp3) is 0.571. The minimum atomic E-state index is -0.361. The van der Waals surface area contributed by atoms with Crippen LogP contribution in [-0.4, -0.2) is 30.8 Å². The van der Waals surface area contributed by atoms with Gasteiger partial charge in [-0.05, 0) is 12.8 Å². The van der Waals surface area contributed by atoms with E-state index in [0.29, 0.717) is 25.4 Å². The highest BCUT2D eigenvalue weighted by Gasteiger charge is 2.20. The number of anilines is 1. The van der Waals surface area contributed by atoms with E-state index in [1.165, 1.54) is 6.07 Å². The maximum absolute atomic E-state index is 11.1. The van der Waals surface area contributed by atoms with Gasteiger partial charge in [0.2, 0.25) is 0 Å². The van der Waals surface area contributed by atoms with Gasteiger partial charge in [-0.15, -0.1) is 0 Å². The molecular weight excluding hydrogens is 260 g/mol. The second-order valence-electron chi connectivity index (χ2n) is 4.79. The zero-order valence-corrected chi connectivity index (χ0v) is 11.6. The molecule has 110 valence electrons. The fourth-order valence-electron chi connectivity index (χ4n) is 2.17. The van der Waals surface area contributed by atoms with E-state index in [1.807, 2.05) is 13.0 Å². The molecule has 1 heterocycles. The summed E-state index contributed by atoms with van der Waals surface area (Å²) in [4.78, 5) is 10.7. The predicted octanol–water partition coefficient (Wildman–Crippen LogP) is 2.72. The Kier molecular flexibility index (Phi) is 5.31. The zero-order valence-electron chi connectivity index (χ0n) is 11.6. The number of benzene rings is 1. The Hall–Kier alpha value is -1.66. The van der Waals surface area contributed by atoms with Crippen LogP contribution in [0.2, 0.25) is 0 Å². The minimum Gasteiger partial charge on any atom is -0.379 e. The van der Waals surface area contributed by atoms with Crippen molar-refractivity contribution < 1.29 is 14.4 Å². The first-order chi connectivity index (χ1) is 9.72. The predicted molar refractivity (Wildman–Crippen MR) is 75.9 cm³/mol. The number of nitrogens with one attached hydrogen (secondary N) is 1. The monoisotopic (exact) mass is 280 g/mol. The second-order valence-corrected chi connectivity index (χ2v) is 4.79. The molecule has 1 aromatic carbocycles. The van der Waals surface area contributed by atoms with Gasteiger partial charge in [-0.2, -0.15) is 0 Å². The number of hydrogen-bond acceptors (Lipinski definition) is 5. The molecule has 1 aliphatic rings. The number of hydrogen-bond donors (Lipinski definition) is 1. The molecular formula is C14H20N2O4. The summed E-state index contributed by atoms with van der Waals surface area (Å²) in [6.45, 7) is 4.41. The molecule has 0 aromatic heterocycles. The van der Waals surface area contributed by atoms with Gasteiger partial charge in [0, 0.05) is 24.8 Å². The van der Waals surface area contributed by atoms with E-state index < -0.39 is 0 Å². The topological polar surface area (TPSA) is 73.6 Å². The van der Waals surface area contributed by atoms with Crippen molar-refractivity contribution in [3.63, 3.8) is 0 Å². The lowest BCUT2D eigenvalue weighted by Crippen LogP contribution is -2.13. The molecule has 0 amide bonds. The number of nitrogens with zero attached hydrogens (tertiary/aromatic N) is 1. The van der Waals surface area contributed by atoms with Gasteiger partial charge in [0.1, 0.15) is 5.69 Å². The highest BCUT2D eigenvalue weighted by atomic mass is 16.6. The molecule has 1 N–H and O–H groups in total. The van der Waals surface area contributed by atoms with Crippen molar-refractivity contribution in [2.45, 2.75) is 32.5 Å². The molecule has 0 aliphatic carbocycles. The Labute approximate surface area is 118 Å². The highest BCUT2D eigenvalue weighted by molar-refractivity contribution is 5.66. The molecule has 0 bridgehead atoms. The Morgan fingerprint density at radius 3 is 3.05 bits per heavy atom. The lowest BCUT2D eigenvalue weighted by atomic mass is 10.1. The maximum atomic E-state index is 11.1. The van der Waals surface area contributed by atoms with Gasteiger partial charge in [0.15, 0.2) is 0 Å². The van der Waals surface area contributed by atoms with E-state index in [-0.39, 0.29) is 16.7 Å². The number of rotatable bonds is 7. The van der Waals surface area contributed by atoms with Crippen LogP contribution in [0.1, 0.15) is 25.3 Å². The first-order valence-electron chi connectivity index (χ1n) is 6.92. The molecule has 1 unspecified atom stereocenters. The molecule has 6 nitrogen and oxygen atoms in total. The second kappa shape index (κ2) is 7.21. The van der Waals surface area contributed by atoms with E-state index in [0.717, 1.165) is 25.0 Å². The van der Waals surface area contributed by atoms with Crippen molar-refractivity contribution in [1.82, 2.24) is 0 Å². The van der Waals surface area contributed by atoms with Crippen LogP contribution in [0.4, 0.5) is 11.4 Å². The van der Waals surface area contributed by atoms with Crippen molar-refractivity contribution in [2.75, 3.05) is 25.1 Å². The first-order valence-corrected chi connectivity index (χ1v) is 6.92. The summed E-state index contributed by atoms with van der Waals surface area (Å²) in [6, 6.07) is 5.07. The molecule has 1 aromatic rings. The normalized spacial score (nSPS) is 18.1. The van der Waals surface area contributed by atoms with Gasteiger partial charge in [0.25, 0.3) is 5.69 Å². The summed E-state index contributed by atoms with van der Waals surface area (Å²) in [5, 5.41) is 14.2. The van der Waals surface area contributed by atoms with Gasteiger partial charge >= 0.3 is 0 Å². The molecule has 20 heavy (non-hydrogen) atoms. The summed E-state index contributed by atoms with van der Waals surface area (Å²) in [5.74, 6) is 0. The smallest absolute Gasteiger partial charge is 0.292 e. The van der Waals surface area contributed by atoms with Crippen LogP contribution in [-0.2, 0) is 16.1 Å². The number of nitro benzene ring substituents is 1. The standard InChI is InChI=1S/C14H20N2O4/c1-2-7-15-14-11(4-3-5-13(14)16(17)18)9-20-12-6-8-19-10-12/h3-5,12,15H,2,6-10H2,1H3. The summed E-state index contributed by atoms with van der Waals surface area (Å²) in [5.41, 5.74) is 1.49. The Morgan fingerprint density at radius 2 is 2.40 bits per heavy atom. The van der Waals surface area contributed by atoms with Gasteiger partial charge < -0.3 is 14.8 Å². The Balaban J connectivity index is 2.12. The number of ether oxygens (including phenoxy) is 2. The van der Waals surface area contributed by atoms with Gasteiger partial charge in [-0.1, -0.05) is 19.1 Å². The molecule has 0 saturated carbocycles. The quantitative estimate of drug-likeness (QED) is 0.614. The van der Waals surface area contributed by atoms with E-state index in [2.05, 4.69) is 5.32 Å². The fourth-order valence-corrected chi connectivity index (χ4v) is 2.17. The van der Waals surface area contributed by atoms with Gasteiger partial charge in [-0.3, -0.25) is 10.1 Å². The summed E-state index contributed by atoms with van der Waals surface area (Å²) < 4.78 is 11.0. The number of para-hydroxylation sites is 1. The van der Waals surface area contributed by atoms with E-state index >= 15 is 0 Å². The minimum absolute atomic E-state index is 0.0910. The van der Waals surface area contributed by atoms with Crippen molar-refractivity contribution in [3.05, 3.63) is 33.9 Å². The van der Waals surface area contributed by atoms with Crippen LogP contribution < -0.4 is 5.32 Å². The summed E-state index contributed by atoms with van der Waals surface area (Å²) in [7, 11) is 0. The van der Waals surface area contributed by atoms with E-state index in [9.17, 15) is 10.1 Å². The molecule has 1 saturated heterocycles. The van der Waals surface area contributed by atoms with Crippen LogP contribution in [0.5, 0.6) is 0 Å².